The smallest absolute Gasteiger partial charge is 0.261 e. The van der Waals surface area contributed by atoms with E-state index in [9.17, 15) is 4.79 Å². The Morgan fingerprint density at radius 3 is 2.83 bits per heavy atom. The van der Waals surface area contributed by atoms with Crippen molar-refractivity contribution in [2.45, 2.75) is 6.54 Å². The number of para-hydroxylation sites is 1. The summed E-state index contributed by atoms with van der Waals surface area (Å²) in [5, 5.41) is 1.67. The standard InChI is InChI=1S/C18H12BrN3O/c19-14-6-7-16-15(9-14)18(23)22(11-21-16)10-13-4-1-3-12-5-2-8-20-17(12)13/h1-9,11H,10H2. The third-order valence-electron chi connectivity index (χ3n) is 3.84. The highest BCUT2D eigenvalue weighted by Crippen LogP contribution is 2.18. The minimum absolute atomic E-state index is 0.0516. The van der Waals surface area contributed by atoms with Crippen molar-refractivity contribution in [3.63, 3.8) is 0 Å². The predicted octanol–water partition coefficient (Wildman–Crippen LogP) is 3.76. The van der Waals surface area contributed by atoms with E-state index in [1.54, 1.807) is 17.1 Å². The lowest BCUT2D eigenvalue weighted by Gasteiger charge is -2.09. The summed E-state index contributed by atoms with van der Waals surface area (Å²) < 4.78 is 2.49. The summed E-state index contributed by atoms with van der Waals surface area (Å²) >= 11 is 3.40. The molecule has 0 radical (unpaired) electrons. The molecule has 4 aromatic rings. The van der Waals surface area contributed by atoms with Crippen LogP contribution >= 0.6 is 15.9 Å². The van der Waals surface area contributed by atoms with Gasteiger partial charge in [0.2, 0.25) is 0 Å². The highest BCUT2D eigenvalue weighted by Gasteiger charge is 2.07. The van der Waals surface area contributed by atoms with Gasteiger partial charge in [-0.25, -0.2) is 4.98 Å². The van der Waals surface area contributed by atoms with Crippen LogP contribution in [0.5, 0.6) is 0 Å². The van der Waals surface area contributed by atoms with E-state index in [0.717, 1.165) is 20.9 Å². The van der Waals surface area contributed by atoms with E-state index in [-0.39, 0.29) is 5.56 Å². The van der Waals surface area contributed by atoms with Crippen LogP contribution in [-0.4, -0.2) is 14.5 Å². The predicted molar refractivity (Wildman–Crippen MR) is 94.5 cm³/mol. The van der Waals surface area contributed by atoms with Crippen molar-refractivity contribution in [1.82, 2.24) is 14.5 Å². The van der Waals surface area contributed by atoms with Gasteiger partial charge in [0.15, 0.2) is 0 Å². The lowest BCUT2D eigenvalue weighted by Crippen LogP contribution is -2.21. The molecule has 4 rings (SSSR count). The van der Waals surface area contributed by atoms with Crippen LogP contribution < -0.4 is 5.56 Å². The van der Waals surface area contributed by atoms with E-state index in [0.29, 0.717) is 17.4 Å². The molecule has 0 N–H and O–H groups in total. The minimum Gasteiger partial charge on any atom is -0.294 e. The van der Waals surface area contributed by atoms with Gasteiger partial charge in [-0.1, -0.05) is 40.2 Å². The van der Waals surface area contributed by atoms with Crippen molar-refractivity contribution in [3.05, 3.63) is 81.4 Å². The Balaban J connectivity index is 1.86. The molecule has 23 heavy (non-hydrogen) atoms. The van der Waals surface area contributed by atoms with Gasteiger partial charge in [-0.05, 0) is 29.8 Å². The van der Waals surface area contributed by atoms with Crippen LogP contribution in [-0.2, 0) is 6.54 Å². The van der Waals surface area contributed by atoms with Crippen molar-refractivity contribution in [3.8, 4) is 0 Å². The first-order valence-electron chi connectivity index (χ1n) is 7.20. The summed E-state index contributed by atoms with van der Waals surface area (Å²) in [4.78, 5) is 21.5. The number of hydrogen-bond acceptors (Lipinski definition) is 3. The number of aromatic nitrogens is 3. The van der Waals surface area contributed by atoms with Crippen LogP contribution in [0.15, 0.2) is 70.3 Å². The first-order chi connectivity index (χ1) is 11.2. The second kappa shape index (κ2) is 5.59. The maximum Gasteiger partial charge on any atom is 0.261 e. The number of halogens is 1. The van der Waals surface area contributed by atoms with Gasteiger partial charge < -0.3 is 0 Å². The van der Waals surface area contributed by atoms with Crippen LogP contribution in [0.2, 0.25) is 0 Å². The van der Waals surface area contributed by atoms with Crippen LogP contribution in [0, 0.1) is 0 Å². The molecule has 0 aliphatic carbocycles. The molecule has 0 saturated carbocycles. The Bertz CT molecular complexity index is 1080. The first kappa shape index (κ1) is 14.1. The van der Waals surface area contributed by atoms with E-state index >= 15 is 0 Å². The molecule has 5 heteroatoms. The highest BCUT2D eigenvalue weighted by molar-refractivity contribution is 9.10. The average molecular weight is 366 g/mol. The fraction of sp³-hybridized carbons (Fsp3) is 0.0556. The molecule has 0 amide bonds. The molecule has 2 aromatic heterocycles. The third kappa shape index (κ3) is 2.53. The van der Waals surface area contributed by atoms with Crippen LogP contribution in [0.3, 0.4) is 0 Å². The van der Waals surface area contributed by atoms with E-state index < -0.39 is 0 Å². The quantitative estimate of drug-likeness (QED) is 0.543. The third-order valence-corrected chi connectivity index (χ3v) is 4.34. The summed E-state index contributed by atoms with van der Waals surface area (Å²) in [6.07, 6.45) is 3.37. The van der Waals surface area contributed by atoms with Crippen molar-refractivity contribution in [2.75, 3.05) is 0 Å². The number of rotatable bonds is 2. The van der Waals surface area contributed by atoms with Crippen LogP contribution in [0.25, 0.3) is 21.8 Å². The van der Waals surface area contributed by atoms with E-state index in [1.165, 1.54) is 0 Å². The number of pyridine rings is 1. The van der Waals surface area contributed by atoms with Gasteiger partial charge in [0.25, 0.3) is 5.56 Å². The Morgan fingerprint density at radius 2 is 1.91 bits per heavy atom. The molecule has 0 aliphatic heterocycles. The zero-order chi connectivity index (χ0) is 15.8. The molecule has 0 saturated heterocycles. The molecule has 2 heterocycles. The zero-order valence-corrected chi connectivity index (χ0v) is 13.7. The summed E-state index contributed by atoms with van der Waals surface area (Å²) in [6, 6.07) is 15.4. The largest absolute Gasteiger partial charge is 0.294 e. The fourth-order valence-corrected chi connectivity index (χ4v) is 3.08. The molecule has 0 atom stereocenters. The Morgan fingerprint density at radius 1 is 1.04 bits per heavy atom. The SMILES string of the molecule is O=c1c2cc(Br)ccc2ncn1Cc1cccc2cccnc12. The summed E-state index contributed by atoms with van der Waals surface area (Å²) in [5.41, 5.74) is 2.56. The van der Waals surface area contributed by atoms with E-state index in [1.807, 2.05) is 48.5 Å². The van der Waals surface area contributed by atoms with Crippen molar-refractivity contribution >= 4 is 37.7 Å². The average Bonchev–Trinajstić information content (AvgIpc) is 2.58. The first-order valence-corrected chi connectivity index (χ1v) is 7.99. The molecule has 112 valence electrons. The molecule has 0 unspecified atom stereocenters. The molecule has 0 fully saturated rings. The van der Waals surface area contributed by atoms with E-state index in [4.69, 9.17) is 0 Å². The Labute approximate surface area is 140 Å². The molecule has 0 bridgehead atoms. The monoisotopic (exact) mass is 365 g/mol. The van der Waals surface area contributed by atoms with Gasteiger partial charge in [-0.15, -0.1) is 0 Å². The van der Waals surface area contributed by atoms with Gasteiger partial charge in [0.1, 0.15) is 0 Å². The summed E-state index contributed by atoms with van der Waals surface area (Å²) in [6.45, 7) is 0.447. The topological polar surface area (TPSA) is 47.8 Å². The van der Waals surface area contributed by atoms with Crippen molar-refractivity contribution < 1.29 is 0 Å². The molecule has 4 nitrogen and oxygen atoms in total. The second-order valence-electron chi connectivity index (χ2n) is 5.33. The lowest BCUT2D eigenvalue weighted by atomic mass is 10.1. The van der Waals surface area contributed by atoms with Crippen LogP contribution in [0.4, 0.5) is 0 Å². The van der Waals surface area contributed by atoms with E-state index in [2.05, 4.69) is 25.9 Å². The molecule has 0 spiro atoms. The minimum atomic E-state index is -0.0516. The Kier molecular flexibility index (Phi) is 3.42. The summed E-state index contributed by atoms with van der Waals surface area (Å²) in [5.74, 6) is 0. The molecular formula is C18H12BrN3O. The van der Waals surface area contributed by atoms with Gasteiger partial charge in [0, 0.05) is 16.1 Å². The maximum absolute atomic E-state index is 12.7. The molecule has 2 aromatic carbocycles. The zero-order valence-electron chi connectivity index (χ0n) is 12.1. The van der Waals surface area contributed by atoms with Gasteiger partial charge in [-0.2, -0.15) is 0 Å². The second-order valence-corrected chi connectivity index (χ2v) is 6.25. The van der Waals surface area contributed by atoms with Gasteiger partial charge >= 0.3 is 0 Å². The molecular weight excluding hydrogens is 354 g/mol. The lowest BCUT2D eigenvalue weighted by molar-refractivity contribution is 0.751. The molecule has 0 aliphatic rings. The number of nitrogens with zero attached hydrogens (tertiary/aromatic N) is 3. The summed E-state index contributed by atoms with van der Waals surface area (Å²) in [7, 11) is 0. The van der Waals surface area contributed by atoms with Gasteiger partial charge in [-0.3, -0.25) is 14.3 Å². The highest BCUT2D eigenvalue weighted by atomic mass is 79.9. The van der Waals surface area contributed by atoms with Gasteiger partial charge in [0.05, 0.1) is 29.3 Å². The fourth-order valence-electron chi connectivity index (χ4n) is 2.72. The number of hydrogen-bond donors (Lipinski definition) is 0. The number of benzene rings is 2. The normalized spacial score (nSPS) is 11.2. The van der Waals surface area contributed by atoms with Crippen molar-refractivity contribution in [1.29, 1.82) is 0 Å². The van der Waals surface area contributed by atoms with Crippen molar-refractivity contribution in [2.24, 2.45) is 0 Å². The van der Waals surface area contributed by atoms with Crippen LogP contribution in [0.1, 0.15) is 5.56 Å². The Hall–Kier alpha value is -2.53. The number of fused-ring (bicyclic) bond motifs is 2. The maximum atomic E-state index is 12.7.